The minimum absolute atomic E-state index is 0.0725. The number of amides is 2. The van der Waals surface area contributed by atoms with Crippen molar-refractivity contribution >= 4 is 28.9 Å². The summed E-state index contributed by atoms with van der Waals surface area (Å²) in [7, 11) is 0. The van der Waals surface area contributed by atoms with E-state index in [0.717, 1.165) is 0 Å². The SMILES string of the molecule is CC(C)(C)OC(=O)NCCNc1ccc2c(=O)c(C(=O)NC(C3CC3)C(F)(F)F)cn(-c3c(F)cc(F)cc3F)c2n1. The molecule has 0 saturated heterocycles. The van der Waals surface area contributed by atoms with Gasteiger partial charge in [0.2, 0.25) is 5.43 Å². The van der Waals surface area contributed by atoms with E-state index in [-0.39, 0.29) is 42.8 Å². The molecule has 1 unspecified atom stereocenters. The Morgan fingerprint density at radius 1 is 1.07 bits per heavy atom. The number of fused-ring (bicyclic) bond motifs is 1. The molecule has 1 aliphatic rings. The van der Waals surface area contributed by atoms with E-state index in [1.807, 2.05) is 5.32 Å². The Bertz CT molecular complexity index is 1560. The number of aromatic nitrogens is 2. The van der Waals surface area contributed by atoms with Crippen LogP contribution in [0.25, 0.3) is 16.7 Å². The molecule has 0 spiro atoms. The van der Waals surface area contributed by atoms with Crippen molar-refractivity contribution in [2.45, 2.75) is 51.4 Å². The number of halogens is 6. The lowest BCUT2D eigenvalue weighted by Gasteiger charge is -2.22. The van der Waals surface area contributed by atoms with Gasteiger partial charge in [0.25, 0.3) is 5.91 Å². The number of ether oxygens (including phenoxy) is 1. The number of hydrogen-bond acceptors (Lipinski definition) is 6. The van der Waals surface area contributed by atoms with E-state index in [1.54, 1.807) is 20.8 Å². The molecule has 3 aromatic rings. The predicted molar refractivity (Wildman–Crippen MR) is 140 cm³/mol. The summed E-state index contributed by atoms with van der Waals surface area (Å²) in [5, 5.41) is 6.82. The van der Waals surface area contributed by atoms with Crippen molar-refractivity contribution in [1.82, 2.24) is 20.2 Å². The van der Waals surface area contributed by atoms with E-state index in [1.165, 1.54) is 12.1 Å². The van der Waals surface area contributed by atoms with E-state index in [9.17, 15) is 40.7 Å². The van der Waals surface area contributed by atoms with Gasteiger partial charge in [0.05, 0.1) is 5.39 Å². The fourth-order valence-electron chi connectivity index (χ4n) is 4.18. The Morgan fingerprint density at radius 3 is 2.29 bits per heavy atom. The van der Waals surface area contributed by atoms with Crippen LogP contribution in [0.5, 0.6) is 0 Å². The summed E-state index contributed by atoms with van der Waals surface area (Å²) in [4.78, 5) is 42.2. The van der Waals surface area contributed by atoms with Crippen LogP contribution in [0.3, 0.4) is 0 Å². The van der Waals surface area contributed by atoms with E-state index < -0.39 is 69.9 Å². The molecule has 9 nitrogen and oxygen atoms in total. The average molecular weight is 600 g/mol. The van der Waals surface area contributed by atoms with Gasteiger partial charge in [-0.2, -0.15) is 13.2 Å². The summed E-state index contributed by atoms with van der Waals surface area (Å²) in [5.41, 5.74) is -3.87. The molecule has 0 bridgehead atoms. The van der Waals surface area contributed by atoms with Gasteiger partial charge < -0.3 is 20.7 Å². The number of anilines is 1. The summed E-state index contributed by atoms with van der Waals surface area (Å²) in [6.45, 7) is 5.23. The van der Waals surface area contributed by atoms with Gasteiger partial charge in [0.15, 0.2) is 17.3 Å². The third kappa shape index (κ3) is 7.12. The van der Waals surface area contributed by atoms with Crippen LogP contribution >= 0.6 is 0 Å². The number of pyridine rings is 2. The average Bonchev–Trinajstić information content (AvgIpc) is 3.69. The number of benzene rings is 1. The van der Waals surface area contributed by atoms with Gasteiger partial charge in [0.1, 0.15) is 34.5 Å². The highest BCUT2D eigenvalue weighted by atomic mass is 19.4. The molecule has 1 fully saturated rings. The number of alkyl halides is 3. The zero-order valence-electron chi connectivity index (χ0n) is 22.7. The molecular weight excluding hydrogens is 572 g/mol. The Labute approximate surface area is 235 Å². The minimum atomic E-state index is -4.79. The first-order valence-electron chi connectivity index (χ1n) is 12.8. The maximum atomic E-state index is 14.9. The number of nitrogens with zero attached hydrogens (tertiary/aromatic N) is 2. The quantitative estimate of drug-likeness (QED) is 0.253. The van der Waals surface area contributed by atoms with Crippen molar-refractivity contribution in [3.05, 3.63) is 63.7 Å². The summed E-state index contributed by atoms with van der Waals surface area (Å²) in [5.74, 6) is -6.27. The molecule has 1 saturated carbocycles. The van der Waals surface area contributed by atoms with Gasteiger partial charge in [-0.1, -0.05) is 0 Å². The molecule has 1 aliphatic carbocycles. The molecule has 1 atom stereocenters. The third-order valence-corrected chi connectivity index (χ3v) is 6.15. The zero-order valence-corrected chi connectivity index (χ0v) is 22.7. The maximum absolute atomic E-state index is 14.9. The fourth-order valence-corrected chi connectivity index (χ4v) is 4.18. The molecule has 2 heterocycles. The minimum Gasteiger partial charge on any atom is -0.444 e. The summed E-state index contributed by atoms with van der Waals surface area (Å²) < 4.78 is 89.8. The van der Waals surface area contributed by atoms with Crippen molar-refractivity contribution < 1.29 is 40.7 Å². The smallest absolute Gasteiger partial charge is 0.408 e. The molecular formula is C27H27F6N5O4. The topological polar surface area (TPSA) is 114 Å². The van der Waals surface area contributed by atoms with Crippen LogP contribution in [0.15, 0.2) is 35.3 Å². The highest BCUT2D eigenvalue weighted by Gasteiger charge is 2.50. The number of hydrogen-bond donors (Lipinski definition) is 3. The Kier molecular flexibility index (Phi) is 8.41. The molecule has 2 aromatic heterocycles. The number of carbonyl (C=O) groups excluding carboxylic acids is 2. The molecule has 4 rings (SSSR count). The highest BCUT2D eigenvalue weighted by molar-refractivity contribution is 5.97. The van der Waals surface area contributed by atoms with E-state index in [4.69, 9.17) is 4.74 Å². The fraction of sp³-hybridized carbons (Fsp3) is 0.407. The molecule has 0 radical (unpaired) electrons. The summed E-state index contributed by atoms with van der Waals surface area (Å²) >= 11 is 0. The molecule has 3 N–H and O–H groups in total. The number of carbonyl (C=O) groups is 2. The number of alkyl carbamates (subject to hydrolysis) is 1. The lowest BCUT2D eigenvalue weighted by molar-refractivity contribution is -0.158. The third-order valence-electron chi connectivity index (χ3n) is 6.15. The first kappa shape index (κ1) is 30.7. The second kappa shape index (κ2) is 11.5. The van der Waals surface area contributed by atoms with Gasteiger partial charge in [-0.05, 0) is 51.7 Å². The predicted octanol–water partition coefficient (Wildman–Crippen LogP) is 4.81. The second-order valence-electron chi connectivity index (χ2n) is 10.7. The normalized spacial score (nSPS) is 14.4. The van der Waals surface area contributed by atoms with Crippen molar-refractivity contribution in [2.75, 3.05) is 18.4 Å². The van der Waals surface area contributed by atoms with Gasteiger partial charge in [0, 0.05) is 31.4 Å². The van der Waals surface area contributed by atoms with Crippen LogP contribution in [0, 0.1) is 23.4 Å². The van der Waals surface area contributed by atoms with Crippen molar-refractivity contribution in [1.29, 1.82) is 0 Å². The summed E-state index contributed by atoms with van der Waals surface area (Å²) in [6.07, 6.45) is -4.34. The zero-order chi connectivity index (χ0) is 31.0. The molecule has 1 aromatic carbocycles. The van der Waals surface area contributed by atoms with Crippen molar-refractivity contribution in [3.8, 4) is 5.69 Å². The maximum Gasteiger partial charge on any atom is 0.408 e. The van der Waals surface area contributed by atoms with Gasteiger partial charge in [-0.25, -0.2) is 22.9 Å². The van der Waals surface area contributed by atoms with Gasteiger partial charge >= 0.3 is 12.3 Å². The lowest BCUT2D eigenvalue weighted by Crippen LogP contribution is -2.48. The molecule has 15 heteroatoms. The summed E-state index contributed by atoms with van der Waals surface area (Å²) in [6, 6.07) is 0.970. The van der Waals surface area contributed by atoms with Crippen LogP contribution in [-0.2, 0) is 4.74 Å². The van der Waals surface area contributed by atoms with Crippen LogP contribution in [0.1, 0.15) is 44.0 Å². The Hall–Kier alpha value is -4.30. The highest BCUT2D eigenvalue weighted by Crippen LogP contribution is 2.40. The largest absolute Gasteiger partial charge is 0.444 e. The Morgan fingerprint density at radius 2 is 1.71 bits per heavy atom. The van der Waals surface area contributed by atoms with E-state index in [2.05, 4.69) is 15.6 Å². The first-order valence-corrected chi connectivity index (χ1v) is 12.8. The van der Waals surface area contributed by atoms with Gasteiger partial charge in [-0.3, -0.25) is 14.2 Å². The number of nitrogens with one attached hydrogen (secondary N) is 3. The second-order valence-corrected chi connectivity index (χ2v) is 10.7. The van der Waals surface area contributed by atoms with Gasteiger partial charge in [-0.15, -0.1) is 0 Å². The first-order chi connectivity index (χ1) is 19.5. The van der Waals surface area contributed by atoms with Crippen molar-refractivity contribution in [3.63, 3.8) is 0 Å². The molecule has 0 aliphatic heterocycles. The molecule has 42 heavy (non-hydrogen) atoms. The van der Waals surface area contributed by atoms with Crippen LogP contribution in [0.2, 0.25) is 0 Å². The Balaban J connectivity index is 1.71. The van der Waals surface area contributed by atoms with E-state index in [0.29, 0.717) is 22.9 Å². The number of rotatable bonds is 8. The van der Waals surface area contributed by atoms with Crippen LogP contribution in [0.4, 0.5) is 37.0 Å². The molecule has 2 amide bonds. The lowest BCUT2D eigenvalue weighted by atomic mass is 10.1. The monoisotopic (exact) mass is 599 g/mol. The molecule has 226 valence electrons. The van der Waals surface area contributed by atoms with Crippen LogP contribution in [-0.4, -0.2) is 52.5 Å². The van der Waals surface area contributed by atoms with E-state index >= 15 is 0 Å². The standard InChI is InChI=1S/C27H27F6N5O4/c1-26(2,3)42-25(41)35-9-8-34-19-7-6-15-21(39)16(24(40)37-22(13-4-5-13)27(31,32)33)12-38(23(15)36-19)20-17(29)10-14(28)11-18(20)30/h6-7,10-13,22H,4-5,8-9H2,1-3H3,(H,34,36)(H,35,41)(H,37,40). The van der Waals surface area contributed by atoms with Crippen LogP contribution < -0.4 is 21.4 Å². The van der Waals surface area contributed by atoms with Crippen molar-refractivity contribution in [2.24, 2.45) is 5.92 Å².